The van der Waals surface area contributed by atoms with E-state index in [1.165, 1.54) is 17.7 Å². The molecule has 2 N–H and O–H groups in total. The number of thiophene rings is 1. The van der Waals surface area contributed by atoms with Crippen LogP contribution in [0.1, 0.15) is 44.0 Å². The Labute approximate surface area is 108 Å². The minimum atomic E-state index is -0.175. The molecule has 96 valence electrons. The van der Waals surface area contributed by atoms with Crippen LogP contribution in [0, 0.1) is 11.8 Å². The molecule has 0 amide bonds. The van der Waals surface area contributed by atoms with E-state index in [1.807, 2.05) is 11.3 Å². The summed E-state index contributed by atoms with van der Waals surface area (Å²) in [7, 11) is 0. The number of hydrogen-bond donors (Lipinski definition) is 2. The van der Waals surface area contributed by atoms with Crippen molar-refractivity contribution >= 4 is 11.3 Å². The largest absolute Gasteiger partial charge is 0.393 e. The summed E-state index contributed by atoms with van der Waals surface area (Å²) in [5.74, 6) is 1.18. The van der Waals surface area contributed by atoms with E-state index in [2.05, 4.69) is 36.7 Å². The summed E-state index contributed by atoms with van der Waals surface area (Å²) in [6.07, 6.45) is 3.38. The third kappa shape index (κ3) is 3.80. The molecule has 1 aromatic rings. The molecule has 0 bridgehead atoms. The van der Waals surface area contributed by atoms with Crippen LogP contribution in [0.4, 0.5) is 0 Å². The van der Waals surface area contributed by atoms with Gasteiger partial charge in [0.05, 0.1) is 6.10 Å². The molecule has 2 nitrogen and oxygen atoms in total. The zero-order valence-corrected chi connectivity index (χ0v) is 11.5. The van der Waals surface area contributed by atoms with Crippen molar-refractivity contribution in [2.75, 3.05) is 6.54 Å². The maximum absolute atomic E-state index is 9.79. The topological polar surface area (TPSA) is 32.3 Å². The first-order chi connectivity index (χ1) is 8.18. The fourth-order valence-corrected chi connectivity index (χ4v) is 3.01. The fraction of sp³-hybridized carbons (Fsp3) is 0.714. The zero-order chi connectivity index (χ0) is 12.3. The lowest BCUT2D eigenvalue weighted by Crippen LogP contribution is -2.27. The van der Waals surface area contributed by atoms with E-state index in [0.29, 0.717) is 12.0 Å². The molecule has 1 saturated carbocycles. The maximum atomic E-state index is 9.79. The van der Waals surface area contributed by atoms with Crippen LogP contribution in [0.5, 0.6) is 0 Å². The normalized spacial score (nSPS) is 19.5. The van der Waals surface area contributed by atoms with Crippen LogP contribution in [-0.2, 0) is 0 Å². The van der Waals surface area contributed by atoms with E-state index < -0.39 is 0 Å². The Bertz CT molecular complexity index is 319. The van der Waals surface area contributed by atoms with Crippen molar-refractivity contribution in [3.8, 4) is 0 Å². The van der Waals surface area contributed by atoms with Crippen LogP contribution in [0.3, 0.4) is 0 Å². The Kier molecular flexibility index (Phi) is 4.60. The first-order valence-electron chi connectivity index (χ1n) is 6.63. The summed E-state index contributed by atoms with van der Waals surface area (Å²) >= 11 is 1.84. The van der Waals surface area contributed by atoms with Crippen molar-refractivity contribution in [3.05, 3.63) is 22.4 Å². The van der Waals surface area contributed by atoms with E-state index >= 15 is 0 Å². The molecule has 2 rings (SSSR count). The Hall–Kier alpha value is -0.380. The summed E-state index contributed by atoms with van der Waals surface area (Å²) in [6, 6.07) is 4.87. The molecule has 0 radical (unpaired) electrons. The Balaban J connectivity index is 1.79. The van der Waals surface area contributed by atoms with Gasteiger partial charge < -0.3 is 10.4 Å². The summed E-state index contributed by atoms with van der Waals surface area (Å²) in [6.45, 7) is 5.06. The Morgan fingerprint density at radius 3 is 2.76 bits per heavy atom. The molecule has 0 aromatic carbocycles. The third-order valence-electron chi connectivity index (χ3n) is 3.52. The lowest BCUT2D eigenvalue weighted by atomic mass is 10.0. The van der Waals surface area contributed by atoms with E-state index in [9.17, 15) is 5.11 Å². The summed E-state index contributed by atoms with van der Waals surface area (Å²) in [5.41, 5.74) is 0. The number of aliphatic hydroxyl groups is 1. The van der Waals surface area contributed by atoms with Crippen LogP contribution in [-0.4, -0.2) is 17.8 Å². The SMILES string of the molecule is CC(C)C(O)CCNC(c1cccs1)C1CC1. The first-order valence-corrected chi connectivity index (χ1v) is 7.51. The second-order valence-corrected chi connectivity index (χ2v) is 6.36. The third-order valence-corrected chi connectivity index (χ3v) is 4.47. The van der Waals surface area contributed by atoms with Crippen LogP contribution in [0.15, 0.2) is 17.5 Å². The van der Waals surface area contributed by atoms with Crippen molar-refractivity contribution in [3.63, 3.8) is 0 Å². The van der Waals surface area contributed by atoms with Gasteiger partial charge in [-0.05, 0) is 49.1 Å². The highest BCUT2D eigenvalue weighted by Crippen LogP contribution is 2.42. The molecule has 0 aliphatic heterocycles. The van der Waals surface area contributed by atoms with E-state index in [0.717, 1.165) is 18.9 Å². The van der Waals surface area contributed by atoms with Gasteiger partial charge in [0, 0.05) is 10.9 Å². The predicted molar refractivity (Wildman–Crippen MR) is 73.2 cm³/mol. The lowest BCUT2D eigenvalue weighted by Gasteiger charge is -2.19. The molecule has 2 unspecified atom stereocenters. The van der Waals surface area contributed by atoms with E-state index in [4.69, 9.17) is 0 Å². The molecule has 1 heterocycles. The standard InChI is InChI=1S/C14H23NOS/c1-10(2)12(16)7-8-15-14(11-5-6-11)13-4-3-9-17-13/h3-4,9-12,14-16H,5-8H2,1-2H3. The van der Waals surface area contributed by atoms with Gasteiger partial charge in [-0.2, -0.15) is 0 Å². The average Bonchev–Trinajstić information content (AvgIpc) is 2.99. The van der Waals surface area contributed by atoms with Gasteiger partial charge in [0.1, 0.15) is 0 Å². The monoisotopic (exact) mass is 253 g/mol. The lowest BCUT2D eigenvalue weighted by molar-refractivity contribution is 0.115. The second kappa shape index (κ2) is 5.98. The molecule has 1 aromatic heterocycles. The summed E-state index contributed by atoms with van der Waals surface area (Å²) in [5, 5.41) is 15.6. The molecule has 1 fully saturated rings. The molecule has 1 aliphatic carbocycles. The van der Waals surface area contributed by atoms with Gasteiger partial charge in [0.2, 0.25) is 0 Å². The second-order valence-electron chi connectivity index (χ2n) is 5.38. The minimum absolute atomic E-state index is 0.175. The van der Waals surface area contributed by atoms with E-state index in [1.54, 1.807) is 0 Å². The minimum Gasteiger partial charge on any atom is -0.393 e. The smallest absolute Gasteiger partial charge is 0.0575 e. The highest BCUT2D eigenvalue weighted by Gasteiger charge is 2.32. The summed E-state index contributed by atoms with van der Waals surface area (Å²) < 4.78 is 0. The Morgan fingerprint density at radius 2 is 2.24 bits per heavy atom. The Morgan fingerprint density at radius 1 is 1.47 bits per heavy atom. The van der Waals surface area contributed by atoms with Crippen molar-refractivity contribution in [1.82, 2.24) is 5.32 Å². The van der Waals surface area contributed by atoms with Crippen LogP contribution >= 0.6 is 11.3 Å². The average molecular weight is 253 g/mol. The van der Waals surface area contributed by atoms with Crippen molar-refractivity contribution < 1.29 is 5.11 Å². The van der Waals surface area contributed by atoms with E-state index in [-0.39, 0.29) is 6.10 Å². The number of nitrogens with one attached hydrogen (secondary N) is 1. The fourth-order valence-electron chi connectivity index (χ4n) is 2.12. The van der Waals surface area contributed by atoms with Gasteiger partial charge in [-0.15, -0.1) is 11.3 Å². The molecule has 1 aliphatic rings. The quantitative estimate of drug-likeness (QED) is 0.782. The molecular formula is C14H23NOS. The van der Waals surface area contributed by atoms with Gasteiger partial charge in [-0.3, -0.25) is 0 Å². The van der Waals surface area contributed by atoms with Gasteiger partial charge in [-0.1, -0.05) is 19.9 Å². The van der Waals surface area contributed by atoms with Gasteiger partial charge in [-0.25, -0.2) is 0 Å². The molecular weight excluding hydrogens is 230 g/mol. The van der Waals surface area contributed by atoms with Crippen molar-refractivity contribution in [2.24, 2.45) is 11.8 Å². The van der Waals surface area contributed by atoms with Crippen LogP contribution in [0.2, 0.25) is 0 Å². The highest BCUT2D eigenvalue weighted by molar-refractivity contribution is 7.10. The number of hydrogen-bond acceptors (Lipinski definition) is 3. The summed E-state index contributed by atoms with van der Waals surface area (Å²) in [4.78, 5) is 1.45. The highest BCUT2D eigenvalue weighted by atomic mass is 32.1. The van der Waals surface area contributed by atoms with Crippen LogP contribution in [0.25, 0.3) is 0 Å². The van der Waals surface area contributed by atoms with Crippen molar-refractivity contribution in [1.29, 1.82) is 0 Å². The number of rotatable bonds is 7. The number of aliphatic hydroxyl groups excluding tert-OH is 1. The molecule has 0 saturated heterocycles. The predicted octanol–water partition coefficient (Wildman–Crippen LogP) is 3.20. The van der Waals surface area contributed by atoms with Crippen molar-refractivity contribution in [2.45, 2.75) is 45.3 Å². The molecule has 0 spiro atoms. The van der Waals surface area contributed by atoms with Gasteiger partial charge in [0.15, 0.2) is 0 Å². The zero-order valence-electron chi connectivity index (χ0n) is 10.7. The van der Waals surface area contributed by atoms with Gasteiger partial charge in [0.25, 0.3) is 0 Å². The molecule has 17 heavy (non-hydrogen) atoms. The first kappa shape index (κ1) is 13.1. The van der Waals surface area contributed by atoms with Crippen LogP contribution < -0.4 is 5.32 Å². The molecule has 3 heteroatoms. The van der Waals surface area contributed by atoms with Gasteiger partial charge >= 0.3 is 0 Å². The molecule has 2 atom stereocenters. The maximum Gasteiger partial charge on any atom is 0.0575 e.